The second kappa shape index (κ2) is 4.41. The normalized spacial score (nSPS) is 9.81. The number of nitrogens with two attached hydrogens (primary N) is 1. The number of hydrogen-bond acceptors (Lipinski definition) is 5. The van der Waals surface area contributed by atoms with E-state index in [2.05, 4.69) is 25.9 Å². The number of aromatic amines is 1. The molecule has 0 aliphatic rings. The number of nitrogens with one attached hydrogen (secondary N) is 3. The van der Waals surface area contributed by atoms with Crippen LogP contribution in [-0.4, -0.2) is 21.1 Å². The van der Waals surface area contributed by atoms with Crippen molar-refractivity contribution in [2.75, 3.05) is 10.7 Å². The Morgan fingerprint density at radius 2 is 2.38 bits per heavy atom. The molecule has 0 fully saturated rings. The lowest BCUT2D eigenvalue weighted by molar-refractivity contribution is 0.102. The van der Waals surface area contributed by atoms with Gasteiger partial charge in [0.1, 0.15) is 5.82 Å². The molecule has 0 atom stereocenters. The van der Waals surface area contributed by atoms with Crippen LogP contribution in [0, 0.1) is 0 Å². The number of nitrogens with zero attached hydrogens (tertiary/aromatic N) is 2. The number of aromatic nitrogens is 3. The molecule has 2 rings (SSSR count). The number of pyridine rings is 1. The summed E-state index contributed by atoms with van der Waals surface area (Å²) in [6, 6.07) is 3.14. The number of hydrazine groups is 1. The van der Waals surface area contributed by atoms with E-state index >= 15 is 0 Å². The molecule has 16 heavy (non-hydrogen) atoms. The van der Waals surface area contributed by atoms with Gasteiger partial charge in [0.25, 0.3) is 5.91 Å². The van der Waals surface area contributed by atoms with E-state index in [-0.39, 0.29) is 5.91 Å². The fourth-order valence-corrected chi connectivity index (χ4v) is 1.17. The summed E-state index contributed by atoms with van der Waals surface area (Å²) >= 11 is 0. The van der Waals surface area contributed by atoms with Crippen LogP contribution < -0.4 is 16.6 Å². The number of carbonyl (C=O) groups is 1. The molecule has 0 radical (unpaired) electrons. The molecular weight excluding hydrogens is 208 g/mol. The van der Waals surface area contributed by atoms with Gasteiger partial charge in [0.2, 0.25) is 0 Å². The molecule has 0 unspecified atom stereocenters. The molecule has 0 aliphatic carbocycles. The Labute approximate surface area is 91.0 Å². The van der Waals surface area contributed by atoms with Gasteiger partial charge in [-0.25, -0.2) is 10.8 Å². The first-order chi connectivity index (χ1) is 7.79. The summed E-state index contributed by atoms with van der Waals surface area (Å²) in [5, 5.41) is 8.98. The van der Waals surface area contributed by atoms with Crippen LogP contribution in [0.15, 0.2) is 30.7 Å². The second-order valence-electron chi connectivity index (χ2n) is 3.02. The average molecular weight is 218 g/mol. The third-order valence-electron chi connectivity index (χ3n) is 1.93. The molecule has 2 aromatic heterocycles. The summed E-state index contributed by atoms with van der Waals surface area (Å²) in [6.45, 7) is 0. The first-order valence-electron chi connectivity index (χ1n) is 4.52. The van der Waals surface area contributed by atoms with Crippen molar-refractivity contribution < 1.29 is 4.79 Å². The summed E-state index contributed by atoms with van der Waals surface area (Å²) in [7, 11) is 0. The fraction of sp³-hybridized carbons (Fsp3) is 0. The van der Waals surface area contributed by atoms with Gasteiger partial charge in [-0.05, 0) is 12.1 Å². The lowest BCUT2D eigenvalue weighted by Crippen LogP contribution is -2.14. The van der Waals surface area contributed by atoms with Crippen molar-refractivity contribution in [1.82, 2.24) is 15.2 Å². The first kappa shape index (κ1) is 10.1. The molecule has 2 aromatic rings. The number of amides is 1. The Morgan fingerprint density at radius 3 is 3.06 bits per heavy atom. The molecule has 0 aliphatic heterocycles. The number of anilines is 2. The minimum atomic E-state index is -0.250. The predicted molar refractivity (Wildman–Crippen MR) is 58.6 cm³/mol. The van der Waals surface area contributed by atoms with E-state index < -0.39 is 0 Å². The molecule has 0 saturated carbocycles. The number of rotatable bonds is 3. The molecule has 0 spiro atoms. The van der Waals surface area contributed by atoms with Crippen LogP contribution in [0.25, 0.3) is 0 Å². The van der Waals surface area contributed by atoms with E-state index in [0.717, 1.165) is 0 Å². The molecule has 82 valence electrons. The van der Waals surface area contributed by atoms with Crippen LogP contribution in [-0.2, 0) is 0 Å². The van der Waals surface area contributed by atoms with E-state index in [1.54, 1.807) is 18.3 Å². The van der Waals surface area contributed by atoms with Crippen LogP contribution in [0.2, 0.25) is 0 Å². The molecule has 0 saturated heterocycles. The highest BCUT2D eigenvalue weighted by molar-refractivity contribution is 6.04. The quantitative estimate of drug-likeness (QED) is 0.439. The van der Waals surface area contributed by atoms with E-state index in [0.29, 0.717) is 17.1 Å². The van der Waals surface area contributed by atoms with E-state index in [9.17, 15) is 4.79 Å². The van der Waals surface area contributed by atoms with Crippen LogP contribution in [0.1, 0.15) is 10.4 Å². The van der Waals surface area contributed by atoms with Gasteiger partial charge in [-0.1, -0.05) is 0 Å². The zero-order chi connectivity index (χ0) is 11.4. The minimum absolute atomic E-state index is 0.250. The average Bonchev–Trinajstić information content (AvgIpc) is 2.82. The third kappa shape index (κ3) is 2.15. The van der Waals surface area contributed by atoms with Crippen molar-refractivity contribution in [3.63, 3.8) is 0 Å². The van der Waals surface area contributed by atoms with Crippen molar-refractivity contribution in [2.45, 2.75) is 0 Å². The molecule has 7 heteroatoms. The highest BCUT2D eigenvalue weighted by atomic mass is 16.1. The maximum atomic E-state index is 11.7. The Morgan fingerprint density at radius 1 is 1.50 bits per heavy atom. The van der Waals surface area contributed by atoms with Gasteiger partial charge in [-0.2, -0.15) is 5.10 Å². The summed E-state index contributed by atoms with van der Waals surface area (Å²) < 4.78 is 0. The highest BCUT2D eigenvalue weighted by Crippen LogP contribution is 2.09. The summed E-state index contributed by atoms with van der Waals surface area (Å²) in [6.07, 6.45) is 4.60. The van der Waals surface area contributed by atoms with Crippen molar-refractivity contribution in [2.24, 2.45) is 5.84 Å². The topological polar surface area (TPSA) is 109 Å². The lowest BCUT2D eigenvalue weighted by atomic mass is 10.2. The summed E-state index contributed by atoms with van der Waals surface area (Å²) in [4.78, 5) is 15.6. The number of H-pyrrole nitrogens is 1. The second-order valence-corrected chi connectivity index (χ2v) is 3.02. The number of nitrogen functional groups attached to an aromatic ring is 1. The van der Waals surface area contributed by atoms with Gasteiger partial charge >= 0.3 is 0 Å². The molecular formula is C9H10N6O. The molecule has 0 aromatic carbocycles. The zero-order valence-electron chi connectivity index (χ0n) is 8.27. The predicted octanol–water partition coefficient (Wildman–Crippen LogP) is 0.343. The van der Waals surface area contributed by atoms with Gasteiger partial charge in [0.05, 0.1) is 11.9 Å². The van der Waals surface area contributed by atoms with E-state index in [1.807, 2.05) is 0 Å². The monoisotopic (exact) mass is 218 g/mol. The first-order valence-corrected chi connectivity index (χ1v) is 4.52. The molecule has 0 bridgehead atoms. The Kier molecular flexibility index (Phi) is 2.79. The maximum Gasteiger partial charge on any atom is 0.255 e. The van der Waals surface area contributed by atoms with Crippen molar-refractivity contribution >= 4 is 17.4 Å². The smallest absolute Gasteiger partial charge is 0.255 e. The zero-order valence-corrected chi connectivity index (χ0v) is 8.27. The van der Waals surface area contributed by atoms with Crippen molar-refractivity contribution in [3.05, 3.63) is 36.3 Å². The largest absolute Gasteiger partial charge is 0.319 e. The van der Waals surface area contributed by atoms with Crippen molar-refractivity contribution in [3.8, 4) is 0 Å². The number of hydrogen-bond donors (Lipinski definition) is 4. The summed E-state index contributed by atoms with van der Waals surface area (Å²) in [5.41, 5.74) is 3.43. The summed E-state index contributed by atoms with van der Waals surface area (Å²) in [5.74, 6) is 5.38. The van der Waals surface area contributed by atoms with E-state index in [4.69, 9.17) is 5.84 Å². The highest BCUT2D eigenvalue weighted by Gasteiger charge is 2.07. The van der Waals surface area contributed by atoms with Crippen molar-refractivity contribution in [1.29, 1.82) is 0 Å². The Hall–Kier alpha value is -2.41. The van der Waals surface area contributed by atoms with Gasteiger partial charge in [-0.15, -0.1) is 0 Å². The fourth-order valence-electron chi connectivity index (χ4n) is 1.17. The molecule has 1 amide bonds. The van der Waals surface area contributed by atoms with Crippen LogP contribution in [0.5, 0.6) is 0 Å². The third-order valence-corrected chi connectivity index (χ3v) is 1.93. The van der Waals surface area contributed by atoms with Gasteiger partial charge in [-0.3, -0.25) is 9.89 Å². The lowest BCUT2D eigenvalue weighted by Gasteiger charge is -2.03. The molecule has 7 nitrogen and oxygen atoms in total. The van der Waals surface area contributed by atoms with Crippen LogP contribution >= 0.6 is 0 Å². The van der Waals surface area contributed by atoms with E-state index in [1.165, 1.54) is 12.4 Å². The number of carbonyl (C=O) groups excluding carboxylic acids is 1. The Bertz CT molecular complexity index is 481. The minimum Gasteiger partial charge on any atom is -0.319 e. The Balaban J connectivity index is 2.14. The SMILES string of the molecule is NNc1cc(C(=O)Nc2cn[nH]c2)ccn1. The van der Waals surface area contributed by atoms with Crippen LogP contribution in [0.3, 0.4) is 0 Å². The maximum absolute atomic E-state index is 11.7. The van der Waals surface area contributed by atoms with Crippen LogP contribution in [0.4, 0.5) is 11.5 Å². The standard InChI is InChI=1S/C9H10N6O/c10-15-8-3-6(1-2-11-8)9(16)14-7-4-12-13-5-7/h1-5H,10H2,(H,11,15)(H,12,13)(H,14,16). The van der Waals surface area contributed by atoms with Gasteiger partial charge < -0.3 is 10.7 Å². The molecule has 5 N–H and O–H groups in total. The van der Waals surface area contributed by atoms with Gasteiger partial charge in [0, 0.05) is 18.0 Å². The molecule has 2 heterocycles. The van der Waals surface area contributed by atoms with Gasteiger partial charge in [0.15, 0.2) is 0 Å².